The van der Waals surface area contributed by atoms with Crippen molar-refractivity contribution in [2.75, 3.05) is 19.8 Å². The Kier molecular flexibility index (Phi) is 8.55. The minimum Gasteiger partial charge on any atom is -0.366 e. The Balaban J connectivity index is 2.48. The monoisotopic (exact) mass is 379 g/mol. The zero-order chi connectivity index (χ0) is 20.4. The fourth-order valence-electron chi connectivity index (χ4n) is 2.53. The largest absolute Gasteiger partial charge is 0.366 e. The maximum Gasteiger partial charge on any atom is 0.148 e. The second-order valence-electron chi connectivity index (χ2n) is 6.08. The molecule has 2 atom stereocenters. The zero-order valence-electron chi connectivity index (χ0n) is 16.8. The summed E-state index contributed by atoms with van der Waals surface area (Å²) < 4.78 is 10.9. The minimum absolute atomic E-state index is 0.205. The van der Waals surface area contributed by atoms with Crippen LogP contribution in [0.25, 0.3) is 11.0 Å². The summed E-state index contributed by atoms with van der Waals surface area (Å²) in [6.45, 7) is 9.05. The highest BCUT2D eigenvalue weighted by Crippen LogP contribution is 2.15. The smallest absolute Gasteiger partial charge is 0.148 e. The molecule has 0 saturated carbocycles. The van der Waals surface area contributed by atoms with Crippen LogP contribution in [-0.4, -0.2) is 41.9 Å². The topological polar surface area (TPSA) is 73.7 Å². The van der Waals surface area contributed by atoms with Gasteiger partial charge in [-0.3, -0.25) is 0 Å². The number of ether oxygens (including phenoxy) is 2. The summed E-state index contributed by atoms with van der Waals surface area (Å²) in [6.07, 6.45) is 0.149. The van der Waals surface area contributed by atoms with Crippen LogP contribution in [0.15, 0.2) is 23.4 Å². The predicted octanol–water partition coefficient (Wildman–Crippen LogP) is 3.49. The molecule has 28 heavy (non-hydrogen) atoms. The van der Waals surface area contributed by atoms with Crippen molar-refractivity contribution >= 4 is 11.0 Å². The van der Waals surface area contributed by atoms with E-state index in [1.54, 1.807) is 0 Å². The highest BCUT2D eigenvalue weighted by atomic mass is 16.5. The van der Waals surface area contributed by atoms with Gasteiger partial charge >= 0.3 is 0 Å². The van der Waals surface area contributed by atoms with Gasteiger partial charge in [-0.25, -0.2) is 9.97 Å². The Bertz CT molecular complexity index is 935. The Morgan fingerprint density at radius 1 is 0.964 bits per heavy atom. The van der Waals surface area contributed by atoms with Gasteiger partial charge < -0.3 is 9.47 Å². The molecule has 6 heteroatoms. The number of hydrogen-bond donors (Lipinski definition) is 0. The van der Waals surface area contributed by atoms with Gasteiger partial charge in [0.1, 0.15) is 23.6 Å². The SMILES string of the molecule is CCOC(C)C#Cc1nc2ccc(CCN=O)cc2nc1C#CC(C)OCC. The molecule has 0 saturated heterocycles. The number of fused-ring (bicyclic) bond motifs is 1. The molecule has 146 valence electrons. The third-order valence-electron chi connectivity index (χ3n) is 3.84. The van der Waals surface area contributed by atoms with Gasteiger partial charge in [0.25, 0.3) is 0 Å². The average molecular weight is 379 g/mol. The first-order valence-corrected chi connectivity index (χ1v) is 9.43. The lowest BCUT2D eigenvalue weighted by atomic mass is 10.1. The lowest BCUT2D eigenvalue weighted by Crippen LogP contribution is -2.06. The first kappa shape index (κ1) is 21.5. The van der Waals surface area contributed by atoms with Crippen LogP contribution in [-0.2, 0) is 15.9 Å². The molecule has 0 fully saturated rings. The Morgan fingerprint density at radius 3 is 2.07 bits per heavy atom. The van der Waals surface area contributed by atoms with Crippen molar-refractivity contribution in [2.45, 2.75) is 46.3 Å². The van der Waals surface area contributed by atoms with Crippen molar-refractivity contribution in [2.24, 2.45) is 5.18 Å². The number of nitrogens with zero attached hydrogens (tertiary/aromatic N) is 3. The zero-order valence-corrected chi connectivity index (χ0v) is 16.8. The predicted molar refractivity (Wildman–Crippen MR) is 110 cm³/mol. The summed E-state index contributed by atoms with van der Waals surface area (Å²) in [5.74, 6) is 12.2. The number of rotatable bonds is 7. The molecule has 6 nitrogen and oxygen atoms in total. The quantitative estimate of drug-likeness (QED) is 0.544. The molecule has 0 bridgehead atoms. The first-order valence-electron chi connectivity index (χ1n) is 9.43. The van der Waals surface area contributed by atoms with E-state index in [9.17, 15) is 4.91 Å². The molecule has 2 unspecified atom stereocenters. The number of hydrogen-bond acceptors (Lipinski definition) is 6. The molecule has 2 rings (SSSR count). The van der Waals surface area contributed by atoms with Gasteiger partial charge in [-0.15, -0.1) is 0 Å². The second kappa shape index (κ2) is 11.1. The van der Waals surface area contributed by atoms with Crippen LogP contribution >= 0.6 is 0 Å². The van der Waals surface area contributed by atoms with Crippen molar-refractivity contribution in [3.05, 3.63) is 40.1 Å². The summed E-state index contributed by atoms with van der Waals surface area (Å²) in [5, 5.41) is 2.91. The van der Waals surface area contributed by atoms with Crippen LogP contribution in [0.1, 0.15) is 44.6 Å². The van der Waals surface area contributed by atoms with E-state index >= 15 is 0 Å². The average Bonchev–Trinajstić information content (AvgIpc) is 2.69. The molecule has 0 spiro atoms. The summed E-state index contributed by atoms with van der Waals surface area (Å²) in [6, 6.07) is 5.70. The fraction of sp³-hybridized carbons (Fsp3) is 0.455. The van der Waals surface area contributed by atoms with Crippen LogP contribution in [0.5, 0.6) is 0 Å². The minimum atomic E-state index is -0.212. The summed E-state index contributed by atoms with van der Waals surface area (Å²) in [4.78, 5) is 19.7. The van der Waals surface area contributed by atoms with Crippen molar-refractivity contribution in [3.8, 4) is 23.7 Å². The van der Waals surface area contributed by atoms with E-state index in [0.29, 0.717) is 36.5 Å². The molecule has 0 N–H and O–H groups in total. The molecular weight excluding hydrogens is 354 g/mol. The van der Waals surface area contributed by atoms with Gasteiger partial charge in [0.05, 0.1) is 17.6 Å². The van der Waals surface area contributed by atoms with Gasteiger partial charge in [-0.1, -0.05) is 23.1 Å². The van der Waals surface area contributed by atoms with Gasteiger partial charge in [-0.2, -0.15) is 4.91 Å². The van der Waals surface area contributed by atoms with Crippen molar-refractivity contribution < 1.29 is 9.47 Å². The molecule has 2 aromatic rings. The molecular formula is C22H25N3O3. The maximum atomic E-state index is 10.4. The fourth-order valence-corrected chi connectivity index (χ4v) is 2.53. The number of benzene rings is 1. The van der Waals surface area contributed by atoms with Crippen LogP contribution in [0.4, 0.5) is 0 Å². The lowest BCUT2D eigenvalue weighted by Gasteiger charge is -2.05. The highest BCUT2D eigenvalue weighted by Gasteiger charge is 2.07. The summed E-state index contributed by atoms with van der Waals surface area (Å²) in [7, 11) is 0. The van der Waals surface area contributed by atoms with Crippen molar-refractivity contribution in [3.63, 3.8) is 0 Å². The van der Waals surface area contributed by atoms with E-state index in [0.717, 1.165) is 11.1 Å². The van der Waals surface area contributed by atoms with Crippen LogP contribution in [0.2, 0.25) is 0 Å². The van der Waals surface area contributed by atoms with E-state index in [1.165, 1.54) is 0 Å². The normalized spacial score (nSPS) is 12.4. The Morgan fingerprint density at radius 2 is 1.54 bits per heavy atom. The van der Waals surface area contributed by atoms with Crippen molar-refractivity contribution in [1.29, 1.82) is 0 Å². The number of nitroso groups, excluding NO2 is 1. The molecule has 0 amide bonds. The molecule has 0 aliphatic rings. The van der Waals surface area contributed by atoms with Gasteiger partial charge in [0.15, 0.2) is 0 Å². The van der Waals surface area contributed by atoms with Crippen LogP contribution in [0, 0.1) is 28.6 Å². The third kappa shape index (κ3) is 6.42. The van der Waals surface area contributed by atoms with Gasteiger partial charge in [0, 0.05) is 13.2 Å². The summed E-state index contributed by atoms with van der Waals surface area (Å²) >= 11 is 0. The lowest BCUT2D eigenvalue weighted by molar-refractivity contribution is 0.116. The molecule has 1 aromatic heterocycles. The van der Waals surface area contributed by atoms with Gasteiger partial charge in [-0.05, 0) is 63.7 Å². The van der Waals surface area contributed by atoms with Crippen LogP contribution < -0.4 is 0 Å². The van der Waals surface area contributed by atoms with Gasteiger partial charge in [0.2, 0.25) is 0 Å². The maximum absolute atomic E-state index is 10.4. The first-order chi connectivity index (χ1) is 13.6. The highest BCUT2D eigenvalue weighted by molar-refractivity contribution is 5.76. The van der Waals surface area contributed by atoms with Crippen LogP contribution in [0.3, 0.4) is 0 Å². The van der Waals surface area contributed by atoms with E-state index < -0.39 is 0 Å². The number of aromatic nitrogens is 2. The molecule has 1 aromatic carbocycles. The Hall–Kier alpha value is -2.80. The molecule has 0 aliphatic carbocycles. The molecule has 0 aliphatic heterocycles. The van der Waals surface area contributed by atoms with E-state index in [-0.39, 0.29) is 18.8 Å². The summed E-state index contributed by atoms with van der Waals surface area (Å²) in [5.41, 5.74) is 3.42. The third-order valence-corrected chi connectivity index (χ3v) is 3.84. The van der Waals surface area contributed by atoms with Crippen molar-refractivity contribution in [1.82, 2.24) is 9.97 Å². The van der Waals surface area contributed by atoms with E-state index in [4.69, 9.17) is 9.47 Å². The second-order valence-corrected chi connectivity index (χ2v) is 6.08. The van der Waals surface area contributed by atoms with E-state index in [1.807, 2.05) is 45.9 Å². The standard InChI is InChI=1S/C22H25N3O3/c1-5-27-16(3)7-10-19-20(11-8-17(4)28-6-2)25-22-15-18(13-14-23-26)9-12-21(22)24-19/h9,12,15-17H,5-6,13-14H2,1-4H3. The molecule has 1 heterocycles. The van der Waals surface area contributed by atoms with E-state index in [2.05, 4.69) is 38.8 Å². The Labute approximate surface area is 166 Å². The molecule has 0 radical (unpaired) electrons.